The summed E-state index contributed by atoms with van der Waals surface area (Å²) in [5, 5.41) is 11.7. The van der Waals surface area contributed by atoms with E-state index in [0.29, 0.717) is 13.2 Å². The Morgan fingerprint density at radius 2 is 1.88 bits per heavy atom. The molecule has 1 heterocycles. The minimum Gasteiger partial charge on any atom is -0.493 e. The summed E-state index contributed by atoms with van der Waals surface area (Å²) in [4.78, 5) is 26.0. The van der Waals surface area contributed by atoms with E-state index in [0.717, 1.165) is 13.1 Å². The minimum absolute atomic E-state index is 0.0189. The molecule has 1 aliphatic heterocycles. The predicted molar refractivity (Wildman–Crippen MR) is 114 cm³/mol. The third-order valence-electron chi connectivity index (χ3n) is 5.08. The van der Waals surface area contributed by atoms with Crippen LogP contribution in [0.5, 0.6) is 17.2 Å². The summed E-state index contributed by atoms with van der Waals surface area (Å²) in [6.07, 6.45) is -0.350. The summed E-state index contributed by atoms with van der Waals surface area (Å²) in [5.74, 6) is -0.957. The number of ether oxygens (including phenoxy) is 5. The van der Waals surface area contributed by atoms with Gasteiger partial charge in [-0.15, -0.1) is 0 Å². The van der Waals surface area contributed by atoms with E-state index in [4.69, 9.17) is 23.7 Å². The van der Waals surface area contributed by atoms with Crippen LogP contribution in [0.4, 0.5) is 5.69 Å². The van der Waals surface area contributed by atoms with Gasteiger partial charge in [-0.2, -0.15) is 0 Å². The fraction of sp³-hybridized carbons (Fsp3) is 0.409. The molecule has 0 spiro atoms. The van der Waals surface area contributed by atoms with Crippen LogP contribution in [-0.4, -0.2) is 69.5 Å². The molecule has 0 radical (unpaired) electrons. The van der Waals surface area contributed by atoms with Gasteiger partial charge in [0.15, 0.2) is 5.75 Å². The molecule has 1 saturated heterocycles. The fourth-order valence-electron chi connectivity index (χ4n) is 3.59. The molecule has 0 bridgehead atoms. The second kappa shape index (κ2) is 10.8. The average molecular weight is 446 g/mol. The Balaban J connectivity index is 1.72. The highest BCUT2D eigenvalue weighted by atomic mass is 16.6. The van der Waals surface area contributed by atoms with Crippen LogP contribution in [0.2, 0.25) is 0 Å². The SMILES string of the molecule is COc1cc(C(=O)OCC2CN(Cc3ccccc3)CCO2)c([N+](=O)[O-])c(OC)c1OC. The van der Waals surface area contributed by atoms with Crippen molar-refractivity contribution < 1.29 is 33.4 Å². The van der Waals surface area contributed by atoms with Gasteiger partial charge in [0.25, 0.3) is 0 Å². The van der Waals surface area contributed by atoms with Crippen molar-refractivity contribution in [1.82, 2.24) is 4.90 Å². The fourth-order valence-corrected chi connectivity index (χ4v) is 3.59. The summed E-state index contributed by atoms with van der Waals surface area (Å²) in [6, 6.07) is 11.2. The first-order valence-corrected chi connectivity index (χ1v) is 10.0. The summed E-state index contributed by atoms with van der Waals surface area (Å²) in [7, 11) is 3.93. The van der Waals surface area contributed by atoms with Crippen molar-refractivity contribution in [2.24, 2.45) is 0 Å². The zero-order chi connectivity index (χ0) is 23.1. The summed E-state index contributed by atoms with van der Waals surface area (Å²) >= 11 is 0. The molecule has 10 heteroatoms. The Kier molecular flexibility index (Phi) is 7.85. The number of hydrogen-bond donors (Lipinski definition) is 0. The van der Waals surface area contributed by atoms with Gasteiger partial charge in [-0.25, -0.2) is 4.79 Å². The van der Waals surface area contributed by atoms with E-state index in [1.165, 1.54) is 33.0 Å². The summed E-state index contributed by atoms with van der Waals surface area (Å²) < 4.78 is 26.6. The molecule has 10 nitrogen and oxygen atoms in total. The lowest BCUT2D eigenvalue weighted by atomic mass is 10.1. The number of carbonyl (C=O) groups is 1. The van der Waals surface area contributed by atoms with Gasteiger partial charge in [0.2, 0.25) is 11.5 Å². The molecule has 1 fully saturated rings. The monoisotopic (exact) mass is 446 g/mol. The number of nitro groups is 1. The van der Waals surface area contributed by atoms with Crippen LogP contribution in [0, 0.1) is 10.1 Å². The molecular weight excluding hydrogens is 420 g/mol. The quantitative estimate of drug-likeness (QED) is 0.326. The number of carbonyl (C=O) groups excluding carboxylic acids is 1. The maximum Gasteiger partial charge on any atom is 0.345 e. The van der Waals surface area contributed by atoms with E-state index >= 15 is 0 Å². The highest BCUT2D eigenvalue weighted by molar-refractivity contribution is 5.97. The molecule has 3 rings (SSSR count). The molecule has 32 heavy (non-hydrogen) atoms. The molecule has 0 aromatic heterocycles. The van der Waals surface area contributed by atoms with Gasteiger partial charge in [-0.3, -0.25) is 15.0 Å². The van der Waals surface area contributed by atoms with Gasteiger partial charge in [0.05, 0.1) is 32.9 Å². The smallest absolute Gasteiger partial charge is 0.345 e. The standard InChI is InChI=1S/C22H26N2O8/c1-28-18-11-17(19(24(26)27)21(30-3)20(18)29-2)22(25)32-14-16-13-23(9-10-31-16)12-15-7-5-4-6-8-15/h4-8,11,16H,9-10,12-14H2,1-3H3. The van der Waals surface area contributed by atoms with Gasteiger partial charge in [-0.05, 0) is 5.56 Å². The van der Waals surface area contributed by atoms with Gasteiger partial charge < -0.3 is 23.7 Å². The molecule has 172 valence electrons. The molecule has 0 N–H and O–H groups in total. The number of rotatable bonds is 9. The van der Waals surface area contributed by atoms with E-state index < -0.39 is 16.6 Å². The number of esters is 1. The Labute approximate surface area is 185 Å². The van der Waals surface area contributed by atoms with Gasteiger partial charge in [0.1, 0.15) is 18.3 Å². The normalized spacial score (nSPS) is 16.3. The van der Waals surface area contributed by atoms with E-state index in [-0.39, 0.29) is 35.5 Å². The van der Waals surface area contributed by atoms with Crippen molar-refractivity contribution in [2.75, 3.05) is 47.6 Å². The third-order valence-corrected chi connectivity index (χ3v) is 5.08. The van der Waals surface area contributed by atoms with E-state index in [1.807, 2.05) is 30.3 Å². The molecule has 2 aromatic carbocycles. The largest absolute Gasteiger partial charge is 0.493 e. The second-order valence-corrected chi connectivity index (χ2v) is 7.11. The Bertz CT molecular complexity index is 951. The average Bonchev–Trinajstić information content (AvgIpc) is 2.81. The van der Waals surface area contributed by atoms with Crippen molar-refractivity contribution in [3.05, 3.63) is 57.6 Å². The van der Waals surface area contributed by atoms with Gasteiger partial charge in [0, 0.05) is 25.7 Å². The number of morpholine rings is 1. The molecule has 1 aliphatic rings. The van der Waals surface area contributed by atoms with Crippen LogP contribution in [-0.2, 0) is 16.0 Å². The number of nitrogens with zero attached hydrogens (tertiary/aromatic N) is 2. The Morgan fingerprint density at radius 1 is 1.16 bits per heavy atom. The van der Waals surface area contributed by atoms with Crippen molar-refractivity contribution in [3.8, 4) is 17.2 Å². The zero-order valence-corrected chi connectivity index (χ0v) is 18.2. The van der Waals surface area contributed by atoms with Crippen LogP contribution in [0.1, 0.15) is 15.9 Å². The second-order valence-electron chi connectivity index (χ2n) is 7.11. The van der Waals surface area contributed by atoms with Crippen LogP contribution in [0.15, 0.2) is 36.4 Å². The number of hydrogen-bond acceptors (Lipinski definition) is 9. The van der Waals surface area contributed by atoms with E-state index in [9.17, 15) is 14.9 Å². The molecule has 0 saturated carbocycles. The lowest BCUT2D eigenvalue weighted by Crippen LogP contribution is -2.44. The topological polar surface area (TPSA) is 110 Å². The van der Waals surface area contributed by atoms with Gasteiger partial charge >= 0.3 is 11.7 Å². The highest BCUT2D eigenvalue weighted by Crippen LogP contribution is 2.46. The lowest BCUT2D eigenvalue weighted by Gasteiger charge is -2.32. The Hall–Kier alpha value is -3.37. The molecule has 0 amide bonds. The molecule has 1 atom stereocenters. The summed E-state index contributed by atoms with van der Waals surface area (Å²) in [5.41, 5.74) is 0.338. The predicted octanol–water partition coefficient (Wildman–Crippen LogP) is 2.68. The van der Waals surface area contributed by atoms with Crippen molar-refractivity contribution >= 4 is 11.7 Å². The van der Waals surface area contributed by atoms with Crippen LogP contribution in [0.25, 0.3) is 0 Å². The summed E-state index contributed by atoms with van der Waals surface area (Å²) in [6.45, 7) is 2.54. The van der Waals surface area contributed by atoms with E-state index in [1.54, 1.807) is 0 Å². The Morgan fingerprint density at radius 3 is 2.50 bits per heavy atom. The number of benzene rings is 2. The van der Waals surface area contributed by atoms with Crippen molar-refractivity contribution in [2.45, 2.75) is 12.6 Å². The molecule has 1 unspecified atom stereocenters. The number of nitro benzene ring substituents is 1. The van der Waals surface area contributed by atoms with Crippen molar-refractivity contribution in [3.63, 3.8) is 0 Å². The maximum absolute atomic E-state index is 12.8. The first-order valence-electron chi connectivity index (χ1n) is 10.0. The van der Waals surface area contributed by atoms with E-state index in [2.05, 4.69) is 4.90 Å². The van der Waals surface area contributed by atoms with Gasteiger partial charge in [-0.1, -0.05) is 30.3 Å². The first-order chi connectivity index (χ1) is 15.5. The molecule has 2 aromatic rings. The zero-order valence-electron chi connectivity index (χ0n) is 18.2. The first kappa shape index (κ1) is 23.3. The van der Waals surface area contributed by atoms with Crippen molar-refractivity contribution in [1.29, 1.82) is 0 Å². The molecular formula is C22H26N2O8. The van der Waals surface area contributed by atoms with Crippen LogP contribution >= 0.6 is 0 Å². The number of methoxy groups -OCH3 is 3. The van der Waals surface area contributed by atoms with Crippen LogP contribution < -0.4 is 14.2 Å². The molecule has 0 aliphatic carbocycles. The maximum atomic E-state index is 12.8. The minimum atomic E-state index is -0.875. The highest BCUT2D eigenvalue weighted by Gasteiger charge is 2.34. The lowest BCUT2D eigenvalue weighted by molar-refractivity contribution is -0.386. The van der Waals surface area contributed by atoms with Crippen LogP contribution in [0.3, 0.4) is 0 Å². The third kappa shape index (κ3) is 5.27.